The van der Waals surface area contributed by atoms with Gasteiger partial charge in [-0.25, -0.2) is 4.79 Å². The zero-order chi connectivity index (χ0) is 12.7. The zero-order valence-electron chi connectivity index (χ0n) is 10.5. The minimum Gasteiger partial charge on any atom is -0.450 e. The quantitative estimate of drug-likeness (QED) is 0.714. The number of piperazine rings is 1. The highest BCUT2D eigenvalue weighted by molar-refractivity contribution is 5.76. The summed E-state index contributed by atoms with van der Waals surface area (Å²) in [5.74, 6) is 0.0790. The molecule has 0 bridgehead atoms. The molecule has 17 heavy (non-hydrogen) atoms. The predicted molar refractivity (Wildman–Crippen MR) is 61.7 cm³/mol. The molecular formula is C11H20N2O4. The van der Waals surface area contributed by atoms with Crippen LogP contribution in [0.15, 0.2) is 0 Å². The van der Waals surface area contributed by atoms with Crippen LogP contribution in [0.1, 0.15) is 13.3 Å². The predicted octanol–water partition coefficient (Wildman–Crippen LogP) is 0.324. The fourth-order valence-electron chi connectivity index (χ4n) is 1.70. The maximum Gasteiger partial charge on any atom is 0.409 e. The van der Waals surface area contributed by atoms with E-state index in [0.29, 0.717) is 45.8 Å². The van der Waals surface area contributed by atoms with Crippen molar-refractivity contribution in [1.29, 1.82) is 0 Å². The molecule has 1 aliphatic rings. The van der Waals surface area contributed by atoms with Crippen LogP contribution in [-0.4, -0.2) is 68.3 Å². The highest BCUT2D eigenvalue weighted by atomic mass is 16.6. The Morgan fingerprint density at radius 1 is 1.12 bits per heavy atom. The van der Waals surface area contributed by atoms with E-state index in [1.54, 1.807) is 23.8 Å². The standard InChI is InChI=1S/C11H20N2O4/c1-3-17-11(15)13-7-5-12(6-8-13)10(14)4-9-16-2/h3-9H2,1-2H3. The van der Waals surface area contributed by atoms with Gasteiger partial charge in [0, 0.05) is 33.3 Å². The third kappa shape index (κ3) is 4.22. The molecule has 1 aliphatic heterocycles. The molecule has 0 unspecified atom stereocenters. The van der Waals surface area contributed by atoms with Gasteiger partial charge in [0.25, 0.3) is 0 Å². The Kier molecular flexibility index (Phi) is 5.76. The number of carbonyl (C=O) groups is 2. The van der Waals surface area contributed by atoms with E-state index in [2.05, 4.69) is 0 Å². The fraction of sp³-hybridized carbons (Fsp3) is 0.818. The van der Waals surface area contributed by atoms with Crippen molar-refractivity contribution in [2.24, 2.45) is 0 Å². The van der Waals surface area contributed by atoms with E-state index < -0.39 is 0 Å². The molecule has 0 aliphatic carbocycles. The van der Waals surface area contributed by atoms with Crippen molar-refractivity contribution in [3.63, 3.8) is 0 Å². The second-order valence-corrected chi connectivity index (χ2v) is 3.81. The van der Waals surface area contributed by atoms with E-state index in [4.69, 9.17) is 9.47 Å². The van der Waals surface area contributed by atoms with Crippen LogP contribution in [0.3, 0.4) is 0 Å². The number of methoxy groups -OCH3 is 1. The SMILES string of the molecule is CCOC(=O)N1CCN(C(=O)CCOC)CC1. The molecule has 1 heterocycles. The molecule has 0 spiro atoms. The lowest BCUT2D eigenvalue weighted by atomic mass is 10.3. The topological polar surface area (TPSA) is 59.1 Å². The summed E-state index contributed by atoms with van der Waals surface area (Å²) in [5.41, 5.74) is 0. The molecule has 0 aromatic rings. The first-order valence-electron chi connectivity index (χ1n) is 5.87. The van der Waals surface area contributed by atoms with E-state index in [1.165, 1.54) is 0 Å². The number of nitrogens with zero attached hydrogens (tertiary/aromatic N) is 2. The molecular weight excluding hydrogens is 224 g/mol. The van der Waals surface area contributed by atoms with Gasteiger partial charge in [-0.15, -0.1) is 0 Å². The second-order valence-electron chi connectivity index (χ2n) is 3.81. The van der Waals surface area contributed by atoms with Gasteiger partial charge < -0.3 is 19.3 Å². The Hall–Kier alpha value is -1.30. The van der Waals surface area contributed by atoms with Crippen molar-refractivity contribution in [3.05, 3.63) is 0 Å². The number of amides is 2. The lowest BCUT2D eigenvalue weighted by Gasteiger charge is -2.34. The monoisotopic (exact) mass is 244 g/mol. The third-order valence-electron chi connectivity index (χ3n) is 2.68. The molecule has 6 heteroatoms. The van der Waals surface area contributed by atoms with Crippen molar-refractivity contribution >= 4 is 12.0 Å². The number of ether oxygens (including phenoxy) is 2. The molecule has 1 fully saturated rings. The second kappa shape index (κ2) is 7.11. The first-order valence-corrected chi connectivity index (χ1v) is 5.87. The van der Waals surface area contributed by atoms with Gasteiger partial charge >= 0.3 is 6.09 Å². The molecule has 1 saturated heterocycles. The van der Waals surface area contributed by atoms with Crippen molar-refractivity contribution in [3.8, 4) is 0 Å². The van der Waals surface area contributed by atoms with Crippen molar-refractivity contribution in [2.45, 2.75) is 13.3 Å². The smallest absolute Gasteiger partial charge is 0.409 e. The van der Waals surface area contributed by atoms with Crippen LogP contribution >= 0.6 is 0 Å². The van der Waals surface area contributed by atoms with Gasteiger partial charge in [-0.2, -0.15) is 0 Å². The van der Waals surface area contributed by atoms with Crippen LogP contribution in [0, 0.1) is 0 Å². The molecule has 0 atom stereocenters. The minimum absolute atomic E-state index is 0.0790. The summed E-state index contributed by atoms with van der Waals surface area (Å²) in [6, 6.07) is 0. The molecule has 0 aromatic heterocycles. The maximum absolute atomic E-state index is 11.7. The maximum atomic E-state index is 11.7. The van der Waals surface area contributed by atoms with E-state index in [1.807, 2.05) is 0 Å². The lowest BCUT2D eigenvalue weighted by Crippen LogP contribution is -2.50. The summed E-state index contributed by atoms with van der Waals surface area (Å²) in [4.78, 5) is 26.5. The Bertz CT molecular complexity index is 262. The first kappa shape index (κ1) is 13.8. The average Bonchev–Trinajstić information content (AvgIpc) is 2.36. The first-order chi connectivity index (χ1) is 8.19. The van der Waals surface area contributed by atoms with E-state index >= 15 is 0 Å². The minimum atomic E-state index is -0.295. The van der Waals surface area contributed by atoms with E-state index in [0.717, 1.165) is 0 Å². The Morgan fingerprint density at radius 2 is 1.71 bits per heavy atom. The van der Waals surface area contributed by atoms with Crippen LogP contribution in [0.25, 0.3) is 0 Å². The van der Waals surface area contributed by atoms with Gasteiger partial charge in [0.1, 0.15) is 0 Å². The third-order valence-corrected chi connectivity index (χ3v) is 2.68. The highest BCUT2D eigenvalue weighted by Crippen LogP contribution is 2.05. The largest absolute Gasteiger partial charge is 0.450 e. The molecule has 6 nitrogen and oxygen atoms in total. The van der Waals surface area contributed by atoms with Crippen LogP contribution in [0.5, 0.6) is 0 Å². The van der Waals surface area contributed by atoms with E-state index in [-0.39, 0.29) is 12.0 Å². The Morgan fingerprint density at radius 3 is 2.24 bits per heavy atom. The van der Waals surface area contributed by atoms with Gasteiger partial charge in [0.15, 0.2) is 0 Å². The summed E-state index contributed by atoms with van der Waals surface area (Å²) in [5, 5.41) is 0. The molecule has 98 valence electrons. The molecule has 0 saturated carbocycles. The van der Waals surface area contributed by atoms with Crippen LogP contribution < -0.4 is 0 Å². The van der Waals surface area contributed by atoms with E-state index in [9.17, 15) is 9.59 Å². The molecule has 0 aromatic carbocycles. The van der Waals surface area contributed by atoms with Gasteiger partial charge in [-0.05, 0) is 6.92 Å². The van der Waals surface area contributed by atoms with Gasteiger partial charge in [-0.1, -0.05) is 0 Å². The fourth-order valence-corrected chi connectivity index (χ4v) is 1.70. The summed E-state index contributed by atoms with van der Waals surface area (Å²) in [6.45, 7) is 4.82. The average molecular weight is 244 g/mol. The summed E-state index contributed by atoms with van der Waals surface area (Å²) in [7, 11) is 1.58. The summed E-state index contributed by atoms with van der Waals surface area (Å²) in [6.07, 6.45) is 0.104. The molecule has 0 radical (unpaired) electrons. The zero-order valence-corrected chi connectivity index (χ0v) is 10.5. The van der Waals surface area contributed by atoms with Crippen molar-refractivity contribution < 1.29 is 19.1 Å². The summed E-state index contributed by atoms with van der Waals surface area (Å²) >= 11 is 0. The number of hydrogen-bond acceptors (Lipinski definition) is 4. The normalized spacial score (nSPS) is 15.9. The number of rotatable bonds is 4. The summed E-state index contributed by atoms with van der Waals surface area (Å²) < 4.78 is 9.77. The molecule has 1 rings (SSSR count). The highest BCUT2D eigenvalue weighted by Gasteiger charge is 2.24. The van der Waals surface area contributed by atoms with Crippen LogP contribution in [-0.2, 0) is 14.3 Å². The van der Waals surface area contributed by atoms with Crippen LogP contribution in [0.4, 0.5) is 4.79 Å². The number of hydrogen-bond donors (Lipinski definition) is 0. The van der Waals surface area contributed by atoms with Crippen LogP contribution in [0.2, 0.25) is 0 Å². The Balaban J connectivity index is 2.30. The molecule has 2 amide bonds. The van der Waals surface area contributed by atoms with Crippen molar-refractivity contribution in [2.75, 3.05) is 46.5 Å². The van der Waals surface area contributed by atoms with Crippen molar-refractivity contribution in [1.82, 2.24) is 9.80 Å². The lowest BCUT2D eigenvalue weighted by molar-refractivity contribution is -0.133. The van der Waals surface area contributed by atoms with Gasteiger partial charge in [0.05, 0.1) is 19.6 Å². The van der Waals surface area contributed by atoms with Gasteiger partial charge in [0.2, 0.25) is 5.91 Å². The van der Waals surface area contributed by atoms with Gasteiger partial charge in [-0.3, -0.25) is 4.79 Å². The number of carbonyl (C=O) groups excluding carboxylic acids is 2. The Labute approximate surface area is 101 Å². The molecule has 0 N–H and O–H groups in total.